The zero-order chi connectivity index (χ0) is 13.0. The van der Waals surface area contributed by atoms with Crippen LogP contribution in [0.5, 0.6) is 0 Å². The van der Waals surface area contributed by atoms with Gasteiger partial charge in [0.2, 0.25) is 0 Å². The van der Waals surface area contributed by atoms with Crippen molar-refractivity contribution in [2.24, 2.45) is 0 Å². The van der Waals surface area contributed by atoms with Gasteiger partial charge in [-0.1, -0.05) is 17.7 Å². The van der Waals surface area contributed by atoms with Crippen molar-refractivity contribution in [3.8, 4) is 0 Å². The van der Waals surface area contributed by atoms with Crippen molar-refractivity contribution in [3.63, 3.8) is 0 Å². The number of carbonyl (C=O) groups is 1. The molecule has 0 bridgehead atoms. The molecule has 4 heteroatoms. The quantitative estimate of drug-likeness (QED) is 0.621. The summed E-state index contributed by atoms with van der Waals surface area (Å²) in [5.74, 6) is 0.543. The highest BCUT2D eigenvalue weighted by molar-refractivity contribution is 7.98. The highest BCUT2D eigenvalue weighted by atomic mass is 32.2. The summed E-state index contributed by atoms with van der Waals surface area (Å²) in [4.78, 5) is 13.4. The summed E-state index contributed by atoms with van der Waals surface area (Å²) in [7, 11) is 1.42. The molecule has 0 aliphatic rings. The first-order valence-corrected chi connectivity index (χ1v) is 7.41. The van der Waals surface area contributed by atoms with Crippen LogP contribution in [0.25, 0.3) is 0 Å². The number of rotatable bonds is 4. The van der Waals surface area contributed by atoms with Crippen LogP contribution in [0.2, 0.25) is 0 Å². The molecule has 2 aromatic rings. The van der Waals surface area contributed by atoms with Crippen molar-refractivity contribution in [2.45, 2.75) is 17.6 Å². The number of hydrogen-bond acceptors (Lipinski definition) is 4. The highest BCUT2D eigenvalue weighted by Gasteiger charge is 2.13. The van der Waals surface area contributed by atoms with E-state index in [1.807, 2.05) is 11.4 Å². The van der Waals surface area contributed by atoms with Gasteiger partial charge in [0, 0.05) is 10.6 Å². The summed E-state index contributed by atoms with van der Waals surface area (Å²) in [5, 5.41) is 1.93. The lowest BCUT2D eigenvalue weighted by atomic mass is 10.2. The van der Waals surface area contributed by atoms with Gasteiger partial charge >= 0.3 is 5.97 Å². The summed E-state index contributed by atoms with van der Waals surface area (Å²) in [6, 6.07) is 10.4. The van der Waals surface area contributed by atoms with Crippen molar-refractivity contribution >= 4 is 29.1 Å². The first-order chi connectivity index (χ1) is 8.70. The SMILES string of the molecule is COC(=O)c1sccc1CSc1ccc(C)cc1. The molecular weight excluding hydrogens is 264 g/mol. The third-order valence-electron chi connectivity index (χ3n) is 2.53. The fraction of sp³-hybridized carbons (Fsp3) is 0.214. The Kier molecular flexibility index (Phi) is 4.44. The minimum Gasteiger partial charge on any atom is -0.465 e. The maximum Gasteiger partial charge on any atom is 0.348 e. The first-order valence-electron chi connectivity index (χ1n) is 5.55. The van der Waals surface area contributed by atoms with Gasteiger partial charge in [-0.2, -0.15) is 0 Å². The number of benzene rings is 1. The van der Waals surface area contributed by atoms with E-state index in [1.165, 1.54) is 28.9 Å². The van der Waals surface area contributed by atoms with Gasteiger partial charge in [-0.3, -0.25) is 0 Å². The van der Waals surface area contributed by atoms with Gasteiger partial charge in [-0.25, -0.2) is 4.79 Å². The van der Waals surface area contributed by atoms with Crippen LogP contribution < -0.4 is 0 Å². The van der Waals surface area contributed by atoms with Gasteiger partial charge in [0.25, 0.3) is 0 Å². The van der Waals surface area contributed by atoms with E-state index in [0.29, 0.717) is 4.88 Å². The maximum absolute atomic E-state index is 11.5. The van der Waals surface area contributed by atoms with Crippen molar-refractivity contribution < 1.29 is 9.53 Å². The van der Waals surface area contributed by atoms with Crippen molar-refractivity contribution in [1.29, 1.82) is 0 Å². The molecule has 0 saturated heterocycles. The zero-order valence-electron chi connectivity index (χ0n) is 10.3. The topological polar surface area (TPSA) is 26.3 Å². The predicted molar refractivity (Wildman–Crippen MR) is 76.4 cm³/mol. The number of thiophene rings is 1. The minimum absolute atomic E-state index is 0.246. The third kappa shape index (κ3) is 3.15. The van der Waals surface area contributed by atoms with Crippen LogP contribution in [-0.4, -0.2) is 13.1 Å². The van der Waals surface area contributed by atoms with E-state index < -0.39 is 0 Å². The molecule has 0 fully saturated rings. The van der Waals surface area contributed by atoms with E-state index in [9.17, 15) is 4.79 Å². The van der Waals surface area contributed by atoms with Crippen LogP contribution in [0, 0.1) is 6.92 Å². The van der Waals surface area contributed by atoms with Gasteiger partial charge in [0.05, 0.1) is 7.11 Å². The smallest absolute Gasteiger partial charge is 0.348 e. The number of carbonyl (C=O) groups excluding carboxylic acids is 1. The summed E-state index contributed by atoms with van der Waals surface area (Å²) in [5.41, 5.74) is 2.29. The van der Waals surface area contributed by atoms with Crippen LogP contribution in [0.3, 0.4) is 0 Å². The van der Waals surface area contributed by atoms with Gasteiger partial charge in [0.15, 0.2) is 0 Å². The molecule has 18 heavy (non-hydrogen) atoms. The van der Waals surface area contributed by atoms with E-state index in [4.69, 9.17) is 4.74 Å². The summed E-state index contributed by atoms with van der Waals surface area (Å²) >= 11 is 3.16. The Labute approximate surface area is 115 Å². The molecule has 1 heterocycles. The second-order valence-electron chi connectivity index (χ2n) is 3.87. The number of esters is 1. The van der Waals surface area contributed by atoms with Crippen molar-refractivity contribution in [2.75, 3.05) is 7.11 Å². The van der Waals surface area contributed by atoms with E-state index in [2.05, 4.69) is 31.2 Å². The van der Waals surface area contributed by atoms with Crippen LogP contribution in [0.1, 0.15) is 20.8 Å². The van der Waals surface area contributed by atoms with E-state index >= 15 is 0 Å². The lowest BCUT2D eigenvalue weighted by Gasteiger charge is -2.03. The molecule has 2 nitrogen and oxygen atoms in total. The molecular formula is C14H14O2S2. The highest BCUT2D eigenvalue weighted by Crippen LogP contribution is 2.27. The van der Waals surface area contributed by atoms with Crippen LogP contribution in [-0.2, 0) is 10.5 Å². The number of aryl methyl sites for hydroxylation is 1. The average molecular weight is 278 g/mol. The Bertz CT molecular complexity index is 529. The molecule has 0 radical (unpaired) electrons. The maximum atomic E-state index is 11.5. The third-order valence-corrected chi connectivity index (χ3v) is 4.53. The van der Waals surface area contributed by atoms with Gasteiger partial charge in [-0.15, -0.1) is 23.1 Å². The minimum atomic E-state index is -0.246. The molecule has 0 saturated carbocycles. The number of ether oxygens (including phenoxy) is 1. The molecule has 0 unspecified atom stereocenters. The average Bonchev–Trinajstić information content (AvgIpc) is 2.85. The molecule has 94 valence electrons. The molecule has 1 aromatic carbocycles. The van der Waals surface area contributed by atoms with Crippen molar-refractivity contribution in [3.05, 3.63) is 51.7 Å². The van der Waals surface area contributed by atoms with Crippen LogP contribution in [0.15, 0.2) is 40.6 Å². The standard InChI is InChI=1S/C14H14O2S2/c1-10-3-5-12(6-4-10)18-9-11-7-8-17-13(11)14(15)16-2/h3-8H,9H2,1-2H3. The summed E-state index contributed by atoms with van der Waals surface area (Å²) < 4.78 is 4.77. The monoisotopic (exact) mass is 278 g/mol. The van der Waals surface area contributed by atoms with E-state index in [-0.39, 0.29) is 5.97 Å². The fourth-order valence-electron chi connectivity index (χ4n) is 1.52. The zero-order valence-corrected chi connectivity index (χ0v) is 11.9. The Morgan fingerprint density at radius 3 is 2.67 bits per heavy atom. The predicted octanol–water partition coefficient (Wildman–Crippen LogP) is 4.14. The number of hydrogen-bond donors (Lipinski definition) is 0. The molecule has 1 aromatic heterocycles. The van der Waals surface area contributed by atoms with Crippen LogP contribution >= 0.6 is 23.1 Å². The Morgan fingerprint density at radius 2 is 2.00 bits per heavy atom. The second-order valence-corrected chi connectivity index (χ2v) is 5.83. The lowest BCUT2D eigenvalue weighted by molar-refractivity contribution is 0.0605. The largest absolute Gasteiger partial charge is 0.465 e. The lowest BCUT2D eigenvalue weighted by Crippen LogP contribution is -2.00. The van der Waals surface area contributed by atoms with Crippen molar-refractivity contribution in [1.82, 2.24) is 0 Å². The number of methoxy groups -OCH3 is 1. The second kappa shape index (κ2) is 6.07. The Balaban J connectivity index is 2.04. The molecule has 0 atom stereocenters. The molecule has 2 rings (SSSR count). The molecule has 0 N–H and O–H groups in total. The normalized spacial score (nSPS) is 10.3. The summed E-state index contributed by atoms with van der Waals surface area (Å²) in [6.07, 6.45) is 0. The van der Waals surface area contributed by atoms with Crippen LogP contribution in [0.4, 0.5) is 0 Å². The first kappa shape index (κ1) is 13.2. The van der Waals surface area contributed by atoms with Gasteiger partial charge in [-0.05, 0) is 36.1 Å². The number of thioether (sulfide) groups is 1. The molecule has 0 aliphatic heterocycles. The molecule has 0 spiro atoms. The Hall–Kier alpha value is -1.26. The van der Waals surface area contributed by atoms with E-state index in [1.54, 1.807) is 11.8 Å². The van der Waals surface area contributed by atoms with Gasteiger partial charge < -0.3 is 4.74 Å². The molecule has 0 amide bonds. The molecule has 0 aliphatic carbocycles. The van der Waals surface area contributed by atoms with E-state index in [0.717, 1.165) is 11.3 Å². The fourth-order valence-corrected chi connectivity index (χ4v) is 3.34. The Morgan fingerprint density at radius 1 is 1.28 bits per heavy atom. The summed E-state index contributed by atoms with van der Waals surface area (Å²) in [6.45, 7) is 2.07. The van der Waals surface area contributed by atoms with Gasteiger partial charge in [0.1, 0.15) is 4.88 Å².